The van der Waals surface area contributed by atoms with Crippen LogP contribution in [0, 0.1) is 0 Å². The van der Waals surface area contributed by atoms with Gasteiger partial charge in [0.15, 0.2) is 0 Å². The topological polar surface area (TPSA) is 57.2 Å². The predicted octanol–water partition coefficient (Wildman–Crippen LogP) is 0.510. The minimum atomic E-state index is -0.198. The summed E-state index contributed by atoms with van der Waals surface area (Å²) >= 11 is 0. The van der Waals surface area contributed by atoms with Crippen LogP contribution in [0.2, 0.25) is 0 Å². The first-order valence-electron chi connectivity index (χ1n) is 4.19. The third kappa shape index (κ3) is 2.59. The first-order valence-corrected chi connectivity index (χ1v) is 4.19. The number of hydrogen-bond acceptors (Lipinski definition) is 3. The maximum Gasteiger partial charge on any atom is 0.307 e. The van der Waals surface area contributed by atoms with Crippen molar-refractivity contribution < 1.29 is 9.53 Å². The molecule has 1 heterocycles. The van der Waals surface area contributed by atoms with Gasteiger partial charge in [-0.3, -0.25) is 4.79 Å². The van der Waals surface area contributed by atoms with Crippen LogP contribution < -0.4 is 5.73 Å². The van der Waals surface area contributed by atoms with E-state index in [4.69, 9.17) is 5.73 Å². The van der Waals surface area contributed by atoms with Gasteiger partial charge in [0.05, 0.1) is 13.5 Å². The van der Waals surface area contributed by atoms with E-state index in [0.717, 1.165) is 5.69 Å². The molecule has 0 saturated carbocycles. The standard InChI is InChI=1S/C9H14N2O2/c1-13-9(12)4-6-11-5-2-3-8(11)7-10/h2-3,5H,4,6-7,10H2,1H3. The molecule has 0 aromatic carbocycles. The number of carbonyl (C=O) groups excluding carboxylic acids is 1. The summed E-state index contributed by atoms with van der Waals surface area (Å²) in [6.07, 6.45) is 2.29. The van der Waals surface area contributed by atoms with E-state index >= 15 is 0 Å². The minimum Gasteiger partial charge on any atom is -0.469 e. The molecular formula is C9H14N2O2. The Bertz CT molecular complexity index is 281. The molecule has 0 aliphatic rings. The van der Waals surface area contributed by atoms with E-state index in [9.17, 15) is 4.79 Å². The van der Waals surface area contributed by atoms with Gasteiger partial charge in [-0.05, 0) is 12.1 Å². The molecule has 0 spiro atoms. The van der Waals surface area contributed by atoms with Crippen molar-refractivity contribution in [3.8, 4) is 0 Å². The van der Waals surface area contributed by atoms with Gasteiger partial charge in [0, 0.05) is 25.0 Å². The van der Waals surface area contributed by atoms with Crippen molar-refractivity contribution in [1.82, 2.24) is 4.57 Å². The number of esters is 1. The summed E-state index contributed by atoms with van der Waals surface area (Å²) in [6.45, 7) is 1.13. The monoisotopic (exact) mass is 182 g/mol. The van der Waals surface area contributed by atoms with Crippen molar-refractivity contribution in [3.05, 3.63) is 24.0 Å². The van der Waals surface area contributed by atoms with E-state index in [2.05, 4.69) is 4.74 Å². The number of nitrogens with two attached hydrogens (primary N) is 1. The maximum atomic E-state index is 10.8. The third-order valence-electron chi connectivity index (χ3n) is 1.92. The molecule has 0 unspecified atom stereocenters. The molecule has 0 aliphatic heterocycles. The molecule has 4 heteroatoms. The number of aromatic nitrogens is 1. The van der Waals surface area contributed by atoms with Gasteiger partial charge in [0.1, 0.15) is 0 Å². The van der Waals surface area contributed by atoms with Crippen LogP contribution in [0.5, 0.6) is 0 Å². The van der Waals surface area contributed by atoms with E-state index in [1.54, 1.807) is 0 Å². The van der Waals surface area contributed by atoms with Crippen LogP contribution in [0.25, 0.3) is 0 Å². The fraction of sp³-hybridized carbons (Fsp3) is 0.444. The Kier molecular flexibility index (Phi) is 3.52. The smallest absolute Gasteiger partial charge is 0.307 e. The van der Waals surface area contributed by atoms with Crippen LogP contribution in [0.3, 0.4) is 0 Å². The second kappa shape index (κ2) is 4.67. The number of methoxy groups -OCH3 is 1. The zero-order valence-corrected chi connectivity index (χ0v) is 7.69. The number of carbonyl (C=O) groups is 1. The first-order chi connectivity index (χ1) is 6.27. The van der Waals surface area contributed by atoms with Gasteiger partial charge in [-0.1, -0.05) is 0 Å². The van der Waals surface area contributed by atoms with Crippen LogP contribution >= 0.6 is 0 Å². The molecular weight excluding hydrogens is 168 g/mol. The lowest BCUT2D eigenvalue weighted by Gasteiger charge is -2.05. The zero-order chi connectivity index (χ0) is 9.68. The van der Waals surface area contributed by atoms with Crippen LogP contribution in [0.1, 0.15) is 12.1 Å². The van der Waals surface area contributed by atoms with Crippen molar-refractivity contribution in [1.29, 1.82) is 0 Å². The van der Waals surface area contributed by atoms with Crippen LogP contribution in [0.4, 0.5) is 0 Å². The van der Waals surface area contributed by atoms with Crippen molar-refractivity contribution in [2.75, 3.05) is 7.11 Å². The highest BCUT2D eigenvalue weighted by molar-refractivity contribution is 5.68. The van der Waals surface area contributed by atoms with E-state index in [1.807, 2.05) is 22.9 Å². The Morgan fingerprint density at radius 3 is 3.08 bits per heavy atom. The average molecular weight is 182 g/mol. The van der Waals surface area contributed by atoms with Gasteiger partial charge in [-0.25, -0.2) is 0 Å². The Morgan fingerprint density at radius 1 is 1.69 bits per heavy atom. The van der Waals surface area contributed by atoms with Crippen molar-refractivity contribution in [2.24, 2.45) is 5.73 Å². The maximum absolute atomic E-state index is 10.8. The van der Waals surface area contributed by atoms with Gasteiger partial charge in [-0.2, -0.15) is 0 Å². The summed E-state index contributed by atoms with van der Waals surface area (Å²) in [4.78, 5) is 10.8. The van der Waals surface area contributed by atoms with Crippen molar-refractivity contribution in [3.63, 3.8) is 0 Å². The minimum absolute atomic E-state index is 0.198. The molecule has 0 amide bonds. The lowest BCUT2D eigenvalue weighted by molar-refractivity contribution is -0.140. The Morgan fingerprint density at radius 2 is 2.46 bits per heavy atom. The number of nitrogens with zero attached hydrogens (tertiary/aromatic N) is 1. The van der Waals surface area contributed by atoms with E-state index in [-0.39, 0.29) is 5.97 Å². The van der Waals surface area contributed by atoms with Gasteiger partial charge < -0.3 is 15.0 Å². The molecule has 2 N–H and O–H groups in total. The molecule has 1 aromatic rings. The summed E-state index contributed by atoms with van der Waals surface area (Å²) < 4.78 is 6.49. The third-order valence-corrected chi connectivity index (χ3v) is 1.92. The molecule has 0 atom stereocenters. The number of ether oxygens (including phenoxy) is 1. The number of rotatable bonds is 4. The largest absolute Gasteiger partial charge is 0.469 e. The van der Waals surface area contributed by atoms with Crippen LogP contribution in [-0.4, -0.2) is 17.6 Å². The van der Waals surface area contributed by atoms with Crippen LogP contribution in [-0.2, 0) is 22.6 Å². The molecule has 1 rings (SSSR count). The van der Waals surface area contributed by atoms with Crippen molar-refractivity contribution in [2.45, 2.75) is 19.5 Å². The summed E-state index contributed by atoms with van der Waals surface area (Å²) in [5.74, 6) is -0.198. The molecule has 13 heavy (non-hydrogen) atoms. The summed E-state index contributed by atoms with van der Waals surface area (Å²) in [5, 5.41) is 0. The van der Waals surface area contributed by atoms with Gasteiger partial charge in [-0.15, -0.1) is 0 Å². The lowest BCUT2D eigenvalue weighted by atomic mass is 10.4. The average Bonchev–Trinajstić information content (AvgIpc) is 2.61. The molecule has 1 aromatic heterocycles. The highest BCUT2D eigenvalue weighted by atomic mass is 16.5. The normalized spacial score (nSPS) is 10.0. The van der Waals surface area contributed by atoms with E-state index in [0.29, 0.717) is 19.5 Å². The first kappa shape index (κ1) is 9.80. The molecule has 0 radical (unpaired) electrons. The SMILES string of the molecule is COC(=O)CCn1cccc1CN. The van der Waals surface area contributed by atoms with E-state index < -0.39 is 0 Å². The van der Waals surface area contributed by atoms with Crippen molar-refractivity contribution >= 4 is 5.97 Å². The lowest BCUT2D eigenvalue weighted by Crippen LogP contribution is -2.10. The zero-order valence-electron chi connectivity index (χ0n) is 7.69. The fourth-order valence-corrected chi connectivity index (χ4v) is 1.17. The van der Waals surface area contributed by atoms with Gasteiger partial charge >= 0.3 is 5.97 Å². The summed E-state index contributed by atoms with van der Waals surface area (Å²) in [5.41, 5.74) is 6.53. The molecule has 0 saturated heterocycles. The highest BCUT2D eigenvalue weighted by Crippen LogP contribution is 2.02. The molecule has 0 bridgehead atoms. The van der Waals surface area contributed by atoms with E-state index in [1.165, 1.54) is 7.11 Å². The summed E-state index contributed by atoms with van der Waals surface area (Å²) in [7, 11) is 1.39. The molecule has 72 valence electrons. The fourth-order valence-electron chi connectivity index (χ4n) is 1.17. The Labute approximate surface area is 77.3 Å². The second-order valence-electron chi connectivity index (χ2n) is 2.72. The Hall–Kier alpha value is -1.29. The van der Waals surface area contributed by atoms with Gasteiger partial charge in [0.2, 0.25) is 0 Å². The molecule has 0 fully saturated rings. The van der Waals surface area contributed by atoms with Gasteiger partial charge in [0.25, 0.3) is 0 Å². The van der Waals surface area contributed by atoms with Crippen LogP contribution in [0.15, 0.2) is 18.3 Å². The predicted molar refractivity (Wildman–Crippen MR) is 49.0 cm³/mol. The highest BCUT2D eigenvalue weighted by Gasteiger charge is 2.02. The number of aryl methyl sites for hydroxylation is 1. The Balaban J connectivity index is 2.49. The summed E-state index contributed by atoms with van der Waals surface area (Å²) in [6, 6.07) is 3.86. The molecule has 0 aliphatic carbocycles. The number of hydrogen-bond donors (Lipinski definition) is 1. The quantitative estimate of drug-likeness (QED) is 0.690. The second-order valence-corrected chi connectivity index (χ2v) is 2.72. The molecule has 4 nitrogen and oxygen atoms in total.